The fourth-order valence-electron chi connectivity index (χ4n) is 1.92. The van der Waals surface area contributed by atoms with Crippen LogP contribution in [0.25, 0.3) is 0 Å². The lowest BCUT2D eigenvalue weighted by atomic mass is 10.1. The van der Waals surface area contributed by atoms with Gasteiger partial charge in [-0.3, -0.25) is 0 Å². The van der Waals surface area contributed by atoms with Crippen molar-refractivity contribution in [3.8, 4) is 0 Å². The third kappa shape index (κ3) is 4.23. The third-order valence-electron chi connectivity index (χ3n) is 3.00. The molecular weight excluding hydrogens is 288 g/mol. The van der Waals surface area contributed by atoms with Crippen LogP contribution in [0.15, 0.2) is 52.5 Å². The molecule has 2 nitrogen and oxygen atoms in total. The zero-order valence-electron chi connectivity index (χ0n) is 11.8. The van der Waals surface area contributed by atoms with Gasteiger partial charge in [-0.25, -0.2) is 4.98 Å². The molecule has 2 rings (SSSR count). The quantitative estimate of drug-likeness (QED) is 0.817. The Bertz CT molecular complexity index is 545. The topological polar surface area (TPSA) is 24.9 Å². The summed E-state index contributed by atoms with van der Waals surface area (Å²) in [4.78, 5) is 5.42. The molecule has 20 heavy (non-hydrogen) atoms. The highest BCUT2D eigenvalue weighted by molar-refractivity contribution is 7.99. The smallest absolute Gasteiger partial charge is 0.101 e. The largest absolute Gasteiger partial charge is 0.310 e. The van der Waals surface area contributed by atoms with E-state index in [1.807, 2.05) is 24.3 Å². The Balaban J connectivity index is 2.09. The van der Waals surface area contributed by atoms with Crippen LogP contribution in [-0.2, 0) is 0 Å². The molecule has 0 fully saturated rings. The zero-order valence-corrected chi connectivity index (χ0v) is 13.3. The molecule has 2 aromatic rings. The maximum absolute atomic E-state index is 6.40. The van der Waals surface area contributed by atoms with Crippen molar-refractivity contribution in [3.63, 3.8) is 0 Å². The van der Waals surface area contributed by atoms with Crippen molar-refractivity contribution in [1.82, 2.24) is 10.3 Å². The Morgan fingerprint density at radius 1 is 1.30 bits per heavy atom. The van der Waals surface area contributed by atoms with Gasteiger partial charge in [-0.15, -0.1) is 0 Å². The molecule has 0 amide bonds. The summed E-state index contributed by atoms with van der Waals surface area (Å²) in [6, 6.07) is 12.4. The van der Waals surface area contributed by atoms with E-state index in [1.165, 1.54) is 0 Å². The van der Waals surface area contributed by atoms with Crippen LogP contribution in [0.3, 0.4) is 0 Å². The maximum atomic E-state index is 6.40. The molecule has 0 aliphatic rings. The first-order chi connectivity index (χ1) is 9.70. The van der Waals surface area contributed by atoms with Crippen LogP contribution < -0.4 is 5.32 Å². The lowest BCUT2D eigenvalue weighted by Gasteiger charge is -2.15. The maximum Gasteiger partial charge on any atom is 0.101 e. The molecule has 1 aromatic carbocycles. The van der Waals surface area contributed by atoms with E-state index in [-0.39, 0.29) is 6.04 Å². The lowest BCUT2D eigenvalue weighted by Crippen LogP contribution is -2.19. The van der Waals surface area contributed by atoms with Crippen molar-refractivity contribution >= 4 is 23.4 Å². The van der Waals surface area contributed by atoms with Crippen molar-refractivity contribution in [3.05, 3.63) is 53.2 Å². The third-order valence-corrected chi connectivity index (χ3v) is 4.27. The average molecular weight is 307 g/mol. The normalized spacial score (nSPS) is 12.3. The molecule has 1 atom stereocenters. The molecule has 0 spiro atoms. The molecule has 0 bridgehead atoms. The molecule has 0 aliphatic carbocycles. The minimum Gasteiger partial charge on any atom is -0.310 e. The first-order valence-electron chi connectivity index (χ1n) is 6.82. The Kier molecular flexibility index (Phi) is 5.89. The number of rotatable bonds is 6. The van der Waals surface area contributed by atoms with Gasteiger partial charge in [0.05, 0.1) is 0 Å². The molecule has 1 aromatic heterocycles. The van der Waals surface area contributed by atoms with E-state index in [0.717, 1.165) is 33.5 Å². The second-order valence-electron chi connectivity index (χ2n) is 4.63. The Morgan fingerprint density at radius 3 is 2.80 bits per heavy atom. The second-order valence-corrected chi connectivity index (χ2v) is 6.13. The Labute approximate surface area is 130 Å². The monoisotopic (exact) mass is 306 g/mol. The minimum absolute atomic E-state index is 0.274. The summed E-state index contributed by atoms with van der Waals surface area (Å²) < 4.78 is 0. The van der Waals surface area contributed by atoms with Gasteiger partial charge in [0.15, 0.2) is 0 Å². The molecule has 1 unspecified atom stereocenters. The van der Waals surface area contributed by atoms with E-state index in [4.69, 9.17) is 11.6 Å². The first kappa shape index (κ1) is 15.4. The fraction of sp³-hybridized carbons (Fsp3) is 0.312. The number of hydrogen-bond donors (Lipinski definition) is 1. The van der Waals surface area contributed by atoms with Gasteiger partial charge in [0, 0.05) is 22.2 Å². The van der Waals surface area contributed by atoms with Crippen molar-refractivity contribution in [2.45, 2.75) is 36.2 Å². The number of hydrogen-bond acceptors (Lipinski definition) is 3. The number of halogens is 1. The summed E-state index contributed by atoms with van der Waals surface area (Å²) >= 11 is 8.02. The van der Waals surface area contributed by atoms with E-state index < -0.39 is 0 Å². The van der Waals surface area contributed by atoms with E-state index >= 15 is 0 Å². The highest BCUT2D eigenvalue weighted by Gasteiger charge is 2.10. The molecule has 0 saturated heterocycles. The predicted molar refractivity (Wildman–Crippen MR) is 86.5 cm³/mol. The van der Waals surface area contributed by atoms with Gasteiger partial charge in [0.25, 0.3) is 0 Å². The molecule has 4 heteroatoms. The van der Waals surface area contributed by atoms with Crippen molar-refractivity contribution in [1.29, 1.82) is 0 Å². The summed E-state index contributed by atoms with van der Waals surface area (Å²) in [5, 5.41) is 5.24. The van der Waals surface area contributed by atoms with Crippen LogP contribution in [0.2, 0.25) is 5.02 Å². The standard InChI is InChI=1S/C16H19ClN2S/c1-3-9-18-12(2)14-8-7-13(11-15(14)17)20-16-6-4-5-10-19-16/h4-8,10-12,18H,3,9H2,1-2H3. The van der Waals surface area contributed by atoms with E-state index in [1.54, 1.807) is 18.0 Å². The summed E-state index contributed by atoms with van der Waals surface area (Å²) in [5.74, 6) is 0. The molecule has 1 heterocycles. The van der Waals surface area contributed by atoms with Gasteiger partial charge in [-0.05, 0) is 49.7 Å². The van der Waals surface area contributed by atoms with E-state index in [2.05, 4.69) is 36.3 Å². The minimum atomic E-state index is 0.274. The molecule has 0 aliphatic heterocycles. The zero-order chi connectivity index (χ0) is 14.4. The highest BCUT2D eigenvalue weighted by atomic mass is 35.5. The van der Waals surface area contributed by atoms with Gasteiger partial charge >= 0.3 is 0 Å². The highest BCUT2D eigenvalue weighted by Crippen LogP contribution is 2.31. The summed E-state index contributed by atoms with van der Waals surface area (Å²) in [6.45, 7) is 5.30. The molecule has 0 saturated carbocycles. The van der Waals surface area contributed by atoms with Crippen LogP contribution >= 0.6 is 23.4 Å². The average Bonchev–Trinajstić information content (AvgIpc) is 2.46. The van der Waals surface area contributed by atoms with E-state index in [0.29, 0.717) is 0 Å². The number of nitrogens with one attached hydrogen (secondary N) is 1. The van der Waals surface area contributed by atoms with Crippen LogP contribution in [0.5, 0.6) is 0 Å². The Hall–Kier alpha value is -1.03. The van der Waals surface area contributed by atoms with Crippen molar-refractivity contribution < 1.29 is 0 Å². The first-order valence-corrected chi connectivity index (χ1v) is 8.02. The van der Waals surface area contributed by atoms with Gasteiger partial charge in [0.1, 0.15) is 5.03 Å². The molecular formula is C16H19ClN2S. The van der Waals surface area contributed by atoms with Crippen LogP contribution in [0.4, 0.5) is 0 Å². The van der Waals surface area contributed by atoms with Crippen LogP contribution in [-0.4, -0.2) is 11.5 Å². The van der Waals surface area contributed by atoms with Gasteiger partial charge < -0.3 is 5.32 Å². The van der Waals surface area contributed by atoms with E-state index in [9.17, 15) is 0 Å². The SMILES string of the molecule is CCCNC(C)c1ccc(Sc2ccccn2)cc1Cl. The summed E-state index contributed by atoms with van der Waals surface area (Å²) in [6.07, 6.45) is 2.92. The molecule has 1 N–H and O–H groups in total. The van der Waals surface area contributed by atoms with Gasteiger partial charge in [-0.1, -0.05) is 42.4 Å². The Morgan fingerprint density at radius 2 is 2.15 bits per heavy atom. The predicted octanol–water partition coefficient (Wildman–Crippen LogP) is 4.95. The van der Waals surface area contributed by atoms with Crippen molar-refractivity contribution in [2.24, 2.45) is 0 Å². The number of nitrogens with zero attached hydrogens (tertiary/aromatic N) is 1. The van der Waals surface area contributed by atoms with Crippen LogP contribution in [0.1, 0.15) is 31.9 Å². The summed E-state index contributed by atoms with van der Waals surface area (Å²) in [7, 11) is 0. The van der Waals surface area contributed by atoms with Crippen LogP contribution in [0, 0.1) is 0 Å². The van der Waals surface area contributed by atoms with Crippen molar-refractivity contribution in [2.75, 3.05) is 6.54 Å². The summed E-state index contributed by atoms with van der Waals surface area (Å²) in [5.41, 5.74) is 1.14. The number of benzene rings is 1. The fourth-order valence-corrected chi connectivity index (χ4v) is 3.14. The molecule has 106 valence electrons. The lowest BCUT2D eigenvalue weighted by molar-refractivity contribution is 0.570. The van der Waals surface area contributed by atoms with Gasteiger partial charge in [-0.2, -0.15) is 0 Å². The second kappa shape index (κ2) is 7.67. The van der Waals surface area contributed by atoms with Gasteiger partial charge in [0.2, 0.25) is 0 Å². The number of pyridine rings is 1. The molecule has 0 radical (unpaired) electrons. The number of aromatic nitrogens is 1.